The number of carbonyl (C=O) groups excluding carboxylic acids is 5. The number of imide groups is 1. The first-order valence-corrected chi connectivity index (χ1v) is 10.1. The van der Waals surface area contributed by atoms with Crippen LogP contribution in [-0.2, 0) is 42.9 Å². The molecule has 0 aromatic carbocycles. The Balaban J connectivity index is 2.09. The molecule has 1 aliphatic rings. The van der Waals surface area contributed by atoms with Gasteiger partial charge in [0.2, 0.25) is 11.8 Å². The molecule has 0 radical (unpaired) electrons. The lowest BCUT2D eigenvalue weighted by Crippen LogP contribution is -2.40. The van der Waals surface area contributed by atoms with E-state index in [0.717, 1.165) is 11.2 Å². The van der Waals surface area contributed by atoms with Crippen LogP contribution in [0, 0.1) is 0 Å². The Bertz CT molecular complexity index is 1130. The predicted octanol–water partition coefficient (Wildman–Crippen LogP) is 0.0496. The van der Waals surface area contributed by atoms with Crippen LogP contribution in [0.3, 0.4) is 0 Å². The minimum Gasteiger partial charge on any atom is -0.463 e. The average molecular weight is 477 g/mol. The van der Waals surface area contributed by atoms with E-state index < -0.39 is 54.3 Å². The van der Waals surface area contributed by atoms with E-state index in [4.69, 9.17) is 18.9 Å². The number of hydrogen-bond acceptors (Lipinski definition) is 12. The van der Waals surface area contributed by atoms with Crippen molar-refractivity contribution in [1.82, 2.24) is 19.5 Å². The normalized spacial score (nSPS) is 21.7. The van der Waals surface area contributed by atoms with Crippen molar-refractivity contribution in [3.63, 3.8) is 0 Å². The third-order valence-corrected chi connectivity index (χ3v) is 4.80. The van der Waals surface area contributed by atoms with E-state index in [2.05, 4.69) is 15.0 Å². The highest BCUT2D eigenvalue weighted by Gasteiger charge is 2.51. The Morgan fingerprint density at radius 2 is 1.53 bits per heavy atom. The van der Waals surface area contributed by atoms with Gasteiger partial charge in [0.1, 0.15) is 19.0 Å². The number of rotatable bonds is 6. The summed E-state index contributed by atoms with van der Waals surface area (Å²) in [5.41, 5.74) is 0.250. The molecule has 0 saturated carbocycles. The fourth-order valence-corrected chi connectivity index (χ4v) is 3.63. The number of ether oxygens (including phenoxy) is 4. The van der Waals surface area contributed by atoms with E-state index >= 15 is 0 Å². The third-order valence-electron chi connectivity index (χ3n) is 4.80. The molecule has 2 amide bonds. The van der Waals surface area contributed by atoms with Gasteiger partial charge in [-0.25, -0.2) is 19.9 Å². The summed E-state index contributed by atoms with van der Waals surface area (Å²) in [5.74, 6) is -3.13. The van der Waals surface area contributed by atoms with Gasteiger partial charge < -0.3 is 18.9 Å². The fraction of sp³-hybridized carbons (Fsp3) is 0.500. The van der Waals surface area contributed by atoms with Gasteiger partial charge in [0.25, 0.3) is 0 Å². The summed E-state index contributed by atoms with van der Waals surface area (Å²) in [6.45, 7) is 5.67. The Labute approximate surface area is 193 Å². The summed E-state index contributed by atoms with van der Waals surface area (Å²) in [4.78, 5) is 72.2. The smallest absolute Gasteiger partial charge is 0.303 e. The molecule has 0 N–H and O–H groups in total. The van der Waals surface area contributed by atoms with Gasteiger partial charge in [-0.05, 0) is 0 Å². The highest BCUT2D eigenvalue weighted by molar-refractivity contribution is 6.15. The number of imidazole rings is 1. The van der Waals surface area contributed by atoms with E-state index in [-0.39, 0.29) is 23.6 Å². The number of carbonyl (C=O) groups is 5. The van der Waals surface area contributed by atoms with Crippen molar-refractivity contribution in [3.8, 4) is 0 Å². The minimum atomic E-state index is -1.16. The molecule has 3 rings (SSSR count). The van der Waals surface area contributed by atoms with Gasteiger partial charge in [0.05, 0.1) is 6.33 Å². The van der Waals surface area contributed by atoms with Gasteiger partial charge in [-0.1, -0.05) is 0 Å². The molecule has 4 atom stereocenters. The predicted molar refractivity (Wildman–Crippen MR) is 111 cm³/mol. The van der Waals surface area contributed by atoms with Gasteiger partial charge in [-0.2, -0.15) is 0 Å². The number of amides is 2. The lowest BCUT2D eigenvalue weighted by atomic mass is 10.1. The number of anilines is 1. The quantitative estimate of drug-likeness (QED) is 0.405. The Hall–Kier alpha value is -3.94. The van der Waals surface area contributed by atoms with Crippen LogP contribution in [0.1, 0.15) is 40.8 Å². The fourth-order valence-electron chi connectivity index (χ4n) is 3.63. The zero-order valence-electron chi connectivity index (χ0n) is 19.1. The third kappa shape index (κ3) is 5.01. The standard InChI is InChI=1S/C20H23N5O9/c1-9(26)25(10(2)27)19-15-18(21-7-22-19)24(8-23-15)20-17(33-13(5)30)16(32-12(4)29)14(34-20)6-31-11(3)28/h7-8,14,16-17,20H,6H2,1-5H3/t14-,16?,17+,20-/m1/s1. The molecule has 3 heterocycles. The summed E-state index contributed by atoms with van der Waals surface area (Å²) in [6, 6.07) is 0. The van der Waals surface area contributed by atoms with Gasteiger partial charge in [-0.3, -0.25) is 28.5 Å². The molecule has 0 spiro atoms. The molecule has 1 unspecified atom stereocenters. The van der Waals surface area contributed by atoms with Crippen LogP contribution in [0.4, 0.5) is 5.82 Å². The zero-order valence-corrected chi connectivity index (χ0v) is 19.1. The molecule has 1 saturated heterocycles. The summed E-state index contributed by atoms with van der Waals surface area (Å²) in [7, 11) is 0. The largest absolute Gasteiger partial charge is 0.463 e. The summed E-state index contributed by atoms with van der Waals surface area (Å²) < 4.78 is 23.1. The first kappa shape index (κ1) is 24.7. The first-order chi connectivity index (χ1) is 16.0. The van der Waals surface area contributed by atoms with Crippen LogP contribution >= 0.6 is 0 Å². The van der Waals surface area contributed by atoms with Crippen molar-refractivity contribution in [2.75, 3.05) is 11.5 Å². The second kappa shape index (κ2) is 9.91. The van der Waals surface area contributed by atoms with Crippen molar-refractivity contribution >= 4 is 46.7 Å². The lowest BCUT2D eigenvalue weighted by molar-refractivity contribution is -0.166. The maximum Gasteiger partial charge on any atom is 0.303 e. The van der Waals surface area contributed by atoms with Crippen LogP contribution in [0.15, 0.2) is 12.7 Å². The average Bonchev–Trinajstić information content (AvgIpc) is 3.28. The van der Waals surface area contributed by atoms with Crippen LogP contribution in [0.25, 0.3) is 11.2 Å². The lowest BCUT2D eigenvalue weighted by Gasteiger charge is -2.23. The number of esters is 3. The summed E-state index contributed by atoms with van der Waals surface area (Å²) >= 11 is 0. The van der Waals surface area contributed by atoms with Crippen molar-refractivity contribution in [1.29, 1.82) is 0 Å². The van der Waals surface area contributed by atoms with E-state index in [1.165, 1.54) is 45.5 Å². The van der Waals surface area contributed by atoms with Crippen molar-refractivity contribution in [3.05, 3.63) is 12.7 Å². The molecule has 14 nitrogen and oxygen atoms in total. The zero-order chi connectivity index (χ0) is 25.2. The van der Waals surface area contributed by atoms with E-state index in [9.17, 15) is 24.0 Å². The SMILES string of the molecule is CC(=O)OC[C@H]1O[C@@H](n2cnc3c(N(C(C)=O)C(C)=O)ncnc32)[C@@H](OC(C)=O)C1OC(C)=O. The molecular weight excluding hydrogens is 454 g/mol. The molecule has 1 aliphatic heterocycles. The molecule has 14 heteroatoms. The molecule has 0 bridgehead atoms. The Morgan fingerprint density at radius 1 is 0.912 bits per heavy atom. The molecule has 2 aromatic rings. The number of hydrogen-bond donors (Lipinski definition) is 0. The van der Waals surface area contributed by atoms with Gasteiger partial charge in [-0.15, -0.1) is 0 Å². The molecule has 182 valence electrons. The maximum atomic E-state index is 12.0. The molecule has 2 aromatic heterocycles. The van der Waals surface area contributed by atoms with Gasteiger partial charge in [0.15, 0.2) is 35.4 Å². The van der Waals surface area contributed by atoms with E-state index in [0.29, 0.717) is 0 Å². The Morgan fingerprint density at radius 3 is 2.09 bits per heavy atom. The first-order valence-electron chi connectivity index (χ1n) is 10.1. The highest BCUT2D eigenvalue weighted by Crippen LogP contribution is 2.36. The van der Waals surface area contributed by atoms with Gasteiger partial charge in [0, 0.05) is 34.6 Å². The van der Waals surface area contributed by atoms with Crippen LogP contribution < -0.4 is 4.90 Å². The molecular formula is C20H23N5O9. The summed E-state index contributed by atoms with van der Waals surface area (Å²) in [5, 5.41) is 0. The number of fused-ring (bicyclic) bond motifs is 1. The number of nitrogens with zero attached hydrogens (tertiary/aromatic N) is 5. The Kier molecular flexibility index (Phi) is 7.20. The van der Waals surface area contributed by atoms with Gasteiger partial charge >= 0.3 is 17.9 Å². The van der Waals surface area contributed by atoms with Crippen LogP contribution in [0.2, 0.25) is 0 Å². The second-order valence-corrected chi connectivity index (χ2v) is 7.41. The molecule has 0 aliphatic carbocycles. The van der Waals surface area contributed by atoms with E-state index in [1.54, 1.807) is 0 Å². The highest BCUT2D eigenvalue weighted by atomic mass is 16.7. The summed E-state index contributed by atoms with van der Waals surface area (Å²) in [6.07, 6.45) is -1.94. The topological polar surface area (TPSA) is 169 Å². The van der Waals surface area contributed by atoms with Crippen LogP contribution in [0.5, 0.6) is 0 Å². The van der Waals surface area contributed by atoms with Crippen LogP contribution in [-0.4, -0.2) is 74.2 Å². The van der Waals surface area contributed by atoms with Crippen molar-refractivity contribution < 1.29 is 42.9 Å². The second-order valence-electron chi connectivity index (χ2n) is 7.41. The maximum absolute atomic E-state index is 12.0. The molecule has 1 fully saturated rings. The van der Waals surface area contributed by atoms with Crippen molar-refractivity contribution in [2.24, 2.45) is 0 Å². The monoisotopic (exact) mass is 477 g/mol. The number of aromatic nitrogens is 4. The molecule has 34 heavy (non-hydrogen) atoms. The van der Waals surface area contributed by atoms with Crippen molar-refractivity contribution in [2.45, 2.75) is 59.2 Å². The minimum absolute atomic E-state index is 0.0428. The van der Waals surface area contributed by atoms with E-state index in [1.807, 2.05) is 0 Å².